The van der Waals surface area contributed by atoms with Gasteiger partial charge >= 0.3 is 0 Å². The Morgan fingerprint density at radius 2 is 1.97 bits per heavy atom. The number of fused-ring (bicyclic) bond motifs is 1. The lowest BCUT2D eigenvalue weighted by molar-refractivity contribution is 0.123. The number of nitrogens with zero attached hydrogens (tertiary/aromatic N) is 5. The lowest BCUT2D eigenvalue weighted by Crippen LogP contribution is -2.35. The topological polar surface area (TPSA) is 71.3 Å². The Morgan fingerprint density at radius 3 is 2.72 bits per heavy atom. The van der Waals surface area contributed by atoms with E-state index >= 15 is 0 Å². The molecule has 8 heteroatoms. The number of ether oxygens (including phenoxy) is 1. The van der Waals surface area contributed by atoms with E-state index in [1.165, 1.54) is 10.8 Å². The first-order valence-electron chi connectivity index (χ1n) is 9.41. The number of H-pyrrole nitrogens is 1. The molecule has 2 aromatic heterocycles. The fourth-order valence-corrected chi connectivity index (χ4v) is 4.94. The summed E-state index contributed by atoms with van der Waals surface area (Å²) in [5, 5.41) is 18.0. The first kappa shape index (κ1) is 17.8. The Labute approximate surface area is 171 Å². The molecule has 1 aliphatic heterocycles. The van der Waals surface area contributed by atoms with Crippen LogP contribution in [0.15, 0.2) is 42.5 Å². The Kier molecular flexibility index (Phi) is 4.68. The summed E-state index contributed by atoms with van der Waals surface area (Å²) in [6.45, 7) is 10.8. The average Bonchev–Trinajstić information content (AvgIpc) is 3.42. The van der Waals surface area contributed by atoms with Crippen molar-refractivity contribution >= 4 is 32.8 Å². The number of rotatable bonds is 4. The van der Waals surface area contributed by atoms with Crippen molar-refractivity contribution in [2.24, 2.45) is 0 Å². The van der Waals surface area contributed by atoms with Gasteiger partial charge in [0.05, 0.1) is 29.7 Å². The van der Waals surface area contributed by atoms with Gasteiger partial charge in [-0.25, -0.2) is 4.85 Å². The number of hydrogen-bond acceptors (Lipinski definition) is 6. The maximum atomic E-state index is 7.89. The quantitative estimate of drug-likeness (QED) is 0.521. The van der Waals surface area contributed by atoms with E-state index in [0.717, 1.165) is 34.1 Å². The predicted molar refractivity (Wildman–Crippen MR) is 114 cm³/mol. The van der Waals surface area contributed by atoms with E-state index < -0.39 is 0 Å². The molecular formula is C21H18N6OS. The summed E-state index contributed by atoms with van der Waals surface area (Å²) in [6, 6.07) is 14.8. The molecule has 7 nitrogen and oxygen atoms in total. The van der Waals surface area contributed by atoms with Crippen LogP contribution in [0.2, 0.25) is 0 Å². The van der Waals surface area contributed by atoms with Gasteiger partial charge in [-0.3, -0.25) is 0 Å². The molecule has 1 aliphatic rings. The molecule has 144 valence electrons. The summed E-state index contributed by atoms with van der Waals surface area (Å²) in [5.74, 6) is 0.537. The standard InChI is InChI=1S/C21H18N6OS/c1-22-18-17(13-14-6-7-15-4-2-3-5-16(15)12-14)19(20-23-25-26-24-20)29-21(18)27-8-10-28-11-9-27/h2-7,12H,8-11,13H2,(H,23,24,25,26). The highest BCUT2D eigenvalue weighted by molar-refractivity contribution is 7.20. The highest BCUT2D eigenvalue weighted by Crippen LogP contribution is 2.47. The van der Waals surface area contributed by atoms with Crippen molar-refractivity contribution < 1.29 is 4.74 Å². The van der Waals surface area contributed by atoms with E-state index in [1.54, 1.807) is 11.3 Å². The highest BCUT2D eigenvalue weighted by Gasteiger charge is 2.26. The maximum Gasteiger partial charge on any atom is 0.224 e. The molecule has 0 atom stereocenters. The van der Waals surface area contributed by atoms with E-state index in [4.69, 9.17) is 11.3 Å². The van der Waals surface area contributed by atoms with Crippen LogP contribution in [0, 0.1) is 6.57 Å². The number of aromatic amines is 1. The maximum absolute atomic E-state index is 7.89. The molecule has 1 saturated heterocycles. The Balaban J connectivity index is 1.61. The average molecular weight is 402 g/mol. The van der Waals surface area contributed by atoms with E-state index in [9.17, 15) is 0 Å². The zero-order valence-corrected chi connectivity index (χ0v) is 16.4. The summed E-state index contributed by atoms with van der Waals surface area (Å²) >= 11 is 1.57. The number of aromatic nitrogens is 4. The summed E-state index contributed by atoms with van der Waals surface area (Å²) in [4.78, 5) is 7.06. The van der Waals surface area contributed by atoms with E-state index in [2.05, 4.69) is 60.7 Å². The molecule has 0 spiro atoms. The van der Waals surface area contributed by atoms with Gasteiger partial charge in [-0.05, 0) is 33.5 Å². The third-order valence-corrected chi connectivity index (χ3v) is 6.39. The van der Waals surface area contributed by atoms with Crippen LogP contribution in [-0.2, 0) is 11.2 Å². The minimum Gasteiger partial charge on any atom is -0.378 e. The van der Waals surface area contributed by atoms with Crippen molar-refractivity contribution in [3.05, 3.63) is 65.0 Å². The fourth-order valence-electron chi connectivity index (χ4n) is 3.69. The molecule has 0 aliphatic carbocycles. The monoisotopic (exact) mass is 402 g/mol. The van der Waals surface area contributed by atoms with Gasteiger partial charge in [0.1, 0.15) is 0 Å². The molecule has 2 aromatic carbocycles. The van der Waals surface area contributed by atoms with E-state index in [0.29, 0.717) is 31.1 Å². The van der Waals surface area contributed by atoms with Crippen LogP contribution < -0.4 is 4.90 Å². The van der Waals surface area contributed by atoms with Crippen LogP contribution in [-0.4, -0.2) is 46.9 Å². The second-order valence-electron chi connectivity index (χ2n) is 6.87. The second-order valence-corrected chi connectivity index (χ2v) is 7.87. The highest BCUT2D eigenvalue weighted by atomic mass is 32.1. The van der Waals surface area contributed by atoms with Crippen molar-refractivity contribution in [3.8, 4) is 10.7 Å². The van der Waals surface area contributed by atoms with Crippen LogP contribution in [0.4, 0.5) is 10.7 Å². The number of anilines is 1. The largest absolute Gasteiger partial charge is 0.378 e. The van der Waals surface area contributed by atoms with Gasteiger partial charge in [0, 0.05) is 13.1 Å². The third-order valence-electron chi connectivity index (χ3n) is 5.11. The number of benzene rings is 2. The molecule has 1 fully saturated rings. The van der Waals surface area contributed by atoms with Gasteiger partial charge in [0.25, 0.3) is 0 Å². The van der Waals surface area contributed by atoms with Gasteiger partial charge < -0.3 is 9.64 Å². The van der Waals surface area contributed by atoms with E-state index in [1.807, 2.05) is 12.1 Å². The normalized spacial score (nSPS) is 14.2. The van der Waals surface area contributed by atoms with Crippen LogP contribution in [0.3, 0.4) is 0 Å². The fraction of sp³-hybridized carbons (Fsp3) is 0.238. The first-order valence-corrected chi connectivity index (χ1v) is 10.2. The zero-order valence-electron chi connectivity index (χ0n) is 15.6. The number of nitrogens with one attached hydrogen (secondary N) is 1. The van der Waals surface area contributed by atoms with Crippen molar-refractivity contribution in [1.82, 2.24) is 20.6 Å². The van der Waals surface area contributed by atoms with Gasteiger partial charge in [-0.15, -0.1) is 21.5 Å². The molecular weight excluding hydrogens is 384 g/mol. The molecule has 4 aromatic rings. The third kappa shape index (κ3) is 3.35. The van der Waals surface area contributed by atoms with E-state index in [-0.39, 0.29) is 0 Å². The lowest BCUT2D eigenvalue weighted by Gasteiger charge is -2.28. The smallest absolute Gasteiger partial charge is 0.224 e. The summed E-state index contributed by atoms with van der Waals surface area (Å²) in [6.07, 6.45) is 0.646. The number of morpholine rings is 1. The number of tetrazole rings is 1. The number of hydrogen-bond donors (Lipinski definition) is 1. The van der Waals surface area contributed by atoms with Crippen molar-refractivity contribution in [2.75, 3.05) is 31.2 Å². The van der Waals surface area contributed by atoms with Crippen LogP contribution >= 0.6 is 11.3 Å². The molecule has 3 heterocycles. The summed E-state index contributed by atoms with van der Waals surface area (Å²) < 4.78 is 5.49. The number of thiophene rings is 1. The lowest BCUT2D eigenvalue weighted by atomic mass is 10.0. The summed E-state index contributed by atoms with van der Waals surface area (Å²) in [5.41, 5.74) is 2.80. The molecule has 0 radical (unpaired) electrons. The molecule has 0 amide bonds. The molecule has 0 saturated carbocycles. The van der Waals surface area contributed by atoms with Crippen molar-refractivity contribution in [3.63, 3.8) is 0 Å². The first-order chi connectivity index (χ1) is 14.3. The van der Waals surface area contributed by atoms with Gasteiger partial charge in [-0.1, -0.05) is 42.5 Å². The SMILES string of the molecule is [C-]#[N+]c1c(N2CCOCC2)sc(-c2nn[nH]n2)c1Cc1ccc2ccccc2c1. The van der Waals surface area contributed by atoms with Crippen molar-refractivity contribution in [2.45, 2.75) is 6.42 Å². The van der Waals surface area contributed by atoms with Gasteiger partial charge in [0.15, 0.2) is 0 Å². The Hall–Kier alpha value is -3.28. The minimum absolute atomic E-state index is 0.537. The second kappa shape index (κ2) is 7.62. The zero-order chi connectivity index (χ0) is 19.6. The molecule has 0 unspecified atom stereocenters. The Bertz CT molecular complexity index is 1190. The van der Waals surface area contributed by atoms with Crippen LogP contribution in [0.25, 0.3) is 26.3 Å². The molecule has 5 rings (SSSR count). The summed E-state index contributed by atoms with van der Waals surface area (Å²) in [7, 11) is 0. The Morgan fingerprint density at radius 1 is 1.14 bits per heavy atom. The predicted octanol–water partition coefficient (Wildman–Crippen LogP) is 4.06. The van der Waals surface area contributed by atoms with Gasteiger partial charge in [-0.2, -0.15) is 5.21 Å². The van der Waals surface area contributed by atoms with Crippen LogP contribution in [0.1, 0.15) is 11.1 Å². The van der Waals surface area contributed by atoms with Gasteiger partial charge in [0.2, 0.25) is 11.5 Å². The van der Waals surface area contributed by atoms with Crippen molar-refractivity contribution in [1.29, 1.82) is 0 Å². The molecule has 29 heavy (non-hydrogen) atoms. The molecule has 1 N–H and O–H groups in total. The minimum atomic E-state index is 0.537. The molecule has 0 bridgehead atoms. The van der Waals surface area contributed by atoms with Crippen LogP contribution in [0.5, 0.6) is 0 Å².